The van der Waals surface area contributed by atoms with Gasteiger partial charge in [0.15, 0.2) is 0 Å². The highest BCUT2D eigenvalue weighted by Crippen LogP contribution is 2.37. The number of carbonyl (C=O) groups is 2. The molecule has 216 valence electrons. The summed E-state index contributed by atoms with van der Waals surface area (Å²) in [7, 11) is 0. The summed E-state index contributed by atoms with van der Waals surface area (Å²) < 4.78 is 39.3. The molecule has 3 aromatic rings. The molecule has 2 heterocycles. The normalized spacial score (nSPS) is 20.5. The highest BCUT2D eigenvalue weighted by Gasteiger charge is 2.41. The molecule has 41 heavy (non-hydrogen) atoms. The van der Waals surface area contributed by atoms with Gasteiger partial charge in [0, 0.05) is 30.4 Å². The van der Waals surface area contributed by atoms with Gasteiger partial charge < -0.3 is 16.0 Å². The lowest BCUT2D eigenvalue weighted by Gasteiger charge is -2.39. The van der Waals surface area contributed by atoms with Crippen LogP contribution < -0.4 is 16.0 Å². The van der Waals surface area contributed by atoms with Crippen LogP contribution in [0.1, 0.15) is 47.2 Å². The number of benzene rings is 3. The molecule has 0 aromatic heterocycles. The van der Waals surface area contributed by atoms with Crippen LogP contribution in [-0.2, 0) is 17.5 Å². The van der Waals surface area contributed by atoms with Crippen LogP contribution in [0.4, 0.5) is 24.5 Å². The average Bonchev–Trinajstić information content (AvgIpc) is 3.16. The Morgan fingerprint density at radius 3 is 2.34 bits per heavy atom. The number of fused-ring (bicyclic) bond motifs is 2. The van der Waals surface area contributed by atoms with Gasteiger partial charge in [-0.25, -0.2) is 0 Å². The van der Waals surface area contributed by atoms with Crippen LogP contribution in [0.3, 0.4) is 0 Å². The van der Waals surface area contributed by atoms with E-state index in [-0.39, 0.29) is 29.7 Å². The fourth-order valence-electron chi connectivity index (χ4n) is 5.75. The molecule has 0 radical (unpaired) electrons. The molecule has 5 rings (SSSR count). The van der Waals surface area contributed by atoms with Crippen molar-refractivity contribution in [2.24, 2.45) is 0 Å². The molecular formula is C30H29Cl2F3N4O2. The third-order valence-corrected chi connectivity index (χ3v) is 8.39. The largest absolute Gasteiger partial charge is 0.416 e. The average molecular weight is 605 g/mol. The molecule has 2 bridgehead atoms. The van der Waals surface area contributed by atoms with Gasteiger partial charge in [-0.3, -0.25) is 14.5 Å². The molecule has 2 aliphatic heterocycles. The van der Waals surface area contributed by atoms with Crippen molar-refractivity contribution >= 4 is 46.4 Å². The Morgan fingerprint density at radius 1 is 0.902 bits per heavy atom. The molecule has 11 heteroatoms. The van der Waals surface area contributed by atoms with E-state index in [9.17, 15) is 22.8 Å². The van der Waals surface area contributed by atoms with Crippen LogP contribution in [0.15, 0.2) is 66.7 Å². The molecule has 0 aliphatic carbocycles. The smallest absolute Gasteiger partial charge is 0.355 e. The first-order valence-electron chi connectivity index (χ1n) is 13.4. The number of piperidine rings is 1. The van der Waals surface area contributed by atoms with E-state index in [0.29, 0.717) is 27.8 Å². The van der Waals surface area contributed by atoms with Crippen molar-refractivity contribution < 1.29 is 22.8 Å². The number of halogens is 5. The Bertz CT molecular complexity index is 1420. The van der Waals surface area contributed by atoms with Crippen LogP contribution in [0.5, 0.6) is 0 Å². The molecule has 2 amide bonds. The Hall–Kier alpha value is -3.27. The van der Waals surface area contributed by atoms with E-state index >= 15 is 0 Å². The fourth-order valence-corrected chi connectivity index (χ4v) is 6.07. The maximum Gasteiger partial charge on any atom is 0.416 e. The van der Waals surface area contributed by atoms with Gasteiger partial charge in [0.05, 0.1) is 33.4 Å². The number of rotatable bonds is 8. The van der Waals surface area contributed by atoms with Crippen molar-refractivity contribution in [3.05, 3.63) is 93.5 Å². The Kier molecular flexibility index (Phi) is 8.77. The van der Waals surface area contributed by atoms with Crippen molar-refractivity contribution in [1.82, 2.24) is 15.5 Å². The highest BCUT2D eigenvalue weighted by atomic mass is 35.5. The number of anilines is 2. The van der Waals surface area contributed by atoms with Gasteiger partial charge >= 0.3 is 6.18 Å². The van der Waals surface area contributed by atoms with E-state index in [0.717, 1.165) is 49.9 Å². The van der Waals surface area contributed by atoms with Gasteiger partial charge in [-0.15, -0.1) is 0 Å². The maximum absolute atomic E-state index is 13.1. The summed E-state index contributed by atoms with van der Waals surface area (Å²) in [6.07, 6.45) is -0.721. The third kappa shape index (κ3) is 7.15. The standard InChI is InChI=1S/C30H29Cl2F3N4O2/c31-25-11-8-18(12-26(25)32)17-39-22-9-10-23(39)15-21(14-22)38-28(40)16-36-29(41)24-6-1-2-7-27(24)37-20-5-3-4-19(13-20)30(33,34)35/h1-8,11-13,21-23,37H,9-10,14-17H2,(H,36,41)(H,38,40)/t21?,22-,23+. The molecule has 2 saturated heterocycles. The van der Waals surface area contributed by atoms with Crippen molar-refractivity contribution in [2.45, 2.75) is 56.5 Å². The first-order chi connectivity index (χ1) is 19.6. The lowest BCUT2D eigenvalue weighted by atomic mass is 9.96. The topological polar surface area (TPSA) is 73.5 Å². The lowest BCUT2D eigenvalue weighted by Crippen LogP contribution is -2.51. The van der Waals surface area contributed by atoms with Crippen LogP contribution in [-0.4, -0.2) is 41.4 Å². The number of nitrogens with zero attached hydrogens (tertiary/aromatic N) is 1. The fraction of sp³-hybridized carbons (Fsp3) is 0.333. The van der Waals surface area contributed by atoms with E-state index in [1.807, 2.05) is 18.2 Å². The van der Waals surface area contributed by atoms with Gasteiger partial charge in [-0.05, 0) is 73.7 Å². The van der Waals surface area contributed by atoms with E-state index in [2.05, 4.69) is 20.9 Å². The second kappa shape index (κ2) is 12.3. The third-order valence-electron chi connectivity index (χ3n) is 7.65. The van der Waals surface area contributed by atoms with Gasteiger partial charge in [0.25, 0.3) is 5.91 Å². The molecule has 3 N–H and O–H groups in total. The number of hydrogen-bond donors (Lipinski definition) is 3. The van der Waals surface area contributed by atoms with Gasteiger partial charge in [0.2, 0.25) is 5.91 Å². The van der Waals surface area contributed by atoms with Crippen LogP contribution in [0.2, 0.25) is 10.0 Å². The van der Waals surface area contributed by atoms with Crippen LogP contribution >= 0.6 is 23.2 Å². The SMILES string of the molecule is O=C(CNC(=O)c1ccccc1Nc1cccc(C(F)(F)F)c1)NC1C[C@H]2CC[C@@H](C1)N2Cc1ccc(Cl)c(Cl)c1. The number of carbonyl (C=O) groups excluding carboxylic acids is 2. The molecule has 3 atom stereocenters. The minimum Gasteiger partial charge on any atom is -0.355 e. The van der Waals surface area contributed by atoms with Crippen LogP contribution in [0, 0.1) is 0 Å². The molecule has 6 nitrogen and oxygen atoms in total. The van der Waals surface area contributed by atoms with Crippen molar-refractivity contribution in [3.63, 3.8) is 0 Å². The first kappa shape index (κ1) is 29.2. The van der Waals surface area contributed by atoms with Gasteiger partial charge in [-0.2, -0.15) is 13.2 Å². The molecule has 1 unspecified atom stereocenters. The maximum atomic E-state index is 13.1. The summed E-state index contributed by atoms with van der Waals surface area (Å²) in [6.45, 7) is 0.562. The number of nitrogens with one attached hydrogen (secondary N) is 3. The zero-order chi connectivity index (χ0) is 29.1. The second-order valence-electron chi connectivity index (χ2n) is 10.5. The Morgan fingerprint density at radius 2 is 1.63 bits per heavy atom. The number of amides is 2. The molecule has 2 aliphatic rings. The van der Waals surface area contributed by atoms with Crippen molar-refractivity contribution in [1.29, 1.82) is 0 Å². The second-order valence-corrected chi connectivity index (χ2v) is 11.3. The first-order valence-corrected chi connectivity index (χ1v) is 14.1. The minimum absolute atomic E-state index is 0.0109. The summed E-state index contributed by atoms with van der Waals surface area (Å²) in [4.78, 5) is 28.1. The van der Waals surface area contributed by atoms with Crippen LogP contribution in [0.25, 0.3) is 0 Å². The molecule has 3 aromatic carbocycles. The van der Waals surface area contributed by atoms with Gasteiger partial charge in [-0.1, -0.05) is 47.5 Å². The molecule has 0 saturated carbocycles. The van der Waals surface area contributed by atoms with Crippen molar-refractivity contribution in [3.8, 4) is 0 Å². The lowest BCUT2D eigenvalue weighted by molar-refractivity contribution is -0.137. The van der Waals surface area contributed by atoms with E-state index in [4.69, 9.17) is 23.2 Å². The summed E-state index contributed by atoms with van der Waals surface area (Å²) >= 11 is 12.2. The highest BCUT2D eigenvalue weighted by molar-refractivity contribution is 6.42. The molecule has 2 fully saturated rings. The Labute approximate surface area is 246 Å². The quantitative estimate of drug-likeness (QED) is 0.264. The Balaban J connectivity index is 1.14. The zero-order valence-electron chi connectivity index (χ0n) is 22.0. The predicted octanol–water partition coefficient (Wildman–Crippen LogP) is 6.80. The summed E-state index contributed by atoms with van der Waals surface area (Å²) in [5.74, 6) is -0.796. The number of hydrogen-bond acceptors (Lipinski definition) is 4. The van der Waals surface area contributed by atoms with Gasteiger partial charge in [0.1, 0.15) is 0 Å². The monoisotopic (exact) mass is 604 g/mol. The number of alkyl halides is 3. The summed E-state index contributed by atoms with van der Waals surface area (Å²) in [5.41, 5.74) is 1.04. The molecular weight excluding hydrogens is 576 g/mol. The van der Waals surface area contributed by atoms with E-state index in [1.54, 1.807) is 24.3 Å². The van der Waals surface area contributed by atoms with Crippen molar-refractivity contribution in [2.75, 3.05) is 11.9 Å². The number of para-hydroxylation sites is 1. The summed E-state index contributed by atoms with van der Waals surface area (Å²) in [6, 6.07) is 17.6. The molecule has 0 spiro atoms. The summed E-state index contributed by atoms with van der Waals surface area (Å²) in [5, 5.41) is 9.65. The van der Waals surface area contributed by atoms with E-state index < -0.39 is 17.6 Å². The minimum atomic E-state index is -4.48. The van der Waals surface area contributed by atoms with E-state index in [1.165, 1.54) is 12.1 Å². The predicted molar refractivity (Wildman–Crippen MR) is 153 cm³/mol. The zero-order valence-corrected chi connectivity index (χ0v) is 23.5.